The SMILES string of the molecule is CC(C)N(C1CCC1)S(=O)(=O)c1cc(Cl)cnc1N. The highest BCUT2D eigenvalue weighted by atomic mass is 35.5. The number of rotatable bonds is 4. The van der Waals surface area contributed by atoms with E-state index in [1.54, 1.807) is 0 Å². The van der Waals surface area contributed by atoms with Gasteiger partial charge in [-0.1, -0.05) is 18.0 Å². The van der Waals surface area contributed by atoms with Crippen LogP contribution >= 0.6 is 11.6 Å². The summed E-state index contributed by atoms with van der Waals surface area (Å²) in [6.07, 6.45) is 4.20. The van der Waals surface area contributed by atoms with Gasteiger partial charge in [-0.25, -0.2) is 13.4 Å². The number of nitrogens with two attached hydrogens (primary N) is 1. The van der Waals surface area contributed by atoms with Gasteiger partial charge in [0.15, 0.2) is 0 Å². The number of halogens is 1. The summed E-state index contributed by atoms with van der Waals surface area (Å²) in [7, 11) is -3.65. The minimum absolute atomic E-state index is 0.000556. The molecule has 106 valence electrons. The summed E-state index contributed by atoms with van der Waals surface area (Å²) >= 11 is 5.83. The molecule has 0 spiro atoms. The Labute approximate surface area is 118 Å². The van der Waals surface area contributed by atoms with Crippen molar-refractivity contribution in [3.05, 3.63) is 17.3 Å². The second-order valence-corrected chi connectivity index (χ2v) is 7.30. The highest BCUT2D eigenvalue weighted by molar-refractivity contribution is 7.89. The van der Waals surface area contributed by atoms with Crippen LogP contribution < -0.4 is 5.73 Å². The van der Waals surface area contributed by atoms with Crippen molar-refractivity contribution in [2.24, 2.45) is 0 Å². The maximum atomic E-state index is 12.7. The van der Waals surface area contributed by atoms with Crippen LogP contribution in [-0.4, -0.2) is 29.8 Å². The van der Waals surface area contributed by atoms with Crippen LogP contribution in [0.4, 0.5) is 5.82 Å². The topological polar surface area (TPSA) is 76.3 Å². The molecular weight excluding hydrogens is 286 g/mol. The van der Waals surface area contributed by atoms with Gasteiger partial charge in [0.2, 0.25) is 10.0 Å². The zero-order valence-corrected chi connectivity index (χ0v) is 12.6. The van der Waals surface area contributed by atoms with E-state index in [1.807, 2.05) is 13.8 Å². The number of sulfonamides is 1. The lowest BCUT2D eigenvalue weighted by molar-refractivity contribution is 0.188. The van der Waals surface area contributed by atoms with Gasteiger partial charge in [-0.2, -0.15) is 4.31 Å². The Kier molecular flexibility index (Phi) is 4.03. The van der Waals surface area contributed by atoms with E-state index in [0.717, 1.165) is 19.3 Å². The van der Waals surface area contributed by atoms with Crippen molar-refractivity contribution in [1.82, 2.24) is 9.29 Å². The first-order chi connectivity index (χ1) is 8.84. The molecule has 0 aliphatic heterocycles. The van der Waals surface area contributed by atoms with E-state index >= 15 is 0 Å². The van der Waals surface area contributed by atoms with Gasteiger partial charge in [0.1, 0.15) is 10.7 Å². The predicted molar refractivity (Wildman–Crippen MR) is 75.5 cm³/mol. The van der Waals surface area contributed by atoms with Crippen molar-refractivity contribution >= 4 is 27.4 Å². The molecule has 0 amide bonds. The molecule has 1 aliphatic rings. The summed E-state index contributed by atoms with van der Waals surface area (Å²) in [6, 6.07) is 1.31. The minimum Gasteiger partial charge on any atom is -0.383 e. The monoisotopic (exact) mass is 303 g/mol. The van der Waals surface area contributed by atoms with Gasteiger partial charge in [-0.15, -0.1) is 0 Å². The van der Waals surface area contributed by atoms with Crippen LogP contribution in [0.1, 0.15) is 33.1 Å². The van der Waals surface area contributed by atoms with Crippen molar-refractivity contribution in [2.45, 2.75) is 50.1 Å². The molecule has 1 saturated carbocycles. The Bertz CT molecular complexity index is 570. The number of nitrogen functional groups attached to an aromatic ring is 1. The number of pyridine rings is 1. The van der Waals surface area contributed by atoms with E-state index in [1.165, 1.54) is 16.6 Å². The second kappa shape index (κ2) is 5.26. The van der Waals surface area contributed by atoms with E-state index in [4.69, 9.17) is 17.3 Å². The van der Waals surface area contributed by atoms with Crippen molar-refractivity contribution in [3.8, 4) is 0 Å². The number of anilines is 1. The molecule has 5 nitrogen and oxygen atoms in total. The third-order valence-electron chi connectivity index (χ3n) is 3.35. The zero-order chi connectivity index (χ0) is 14.2. The Morgan fingerprint density at radius 1 is 1.47 bits per heavy atom. The Morgan fingerprint density at radius 3 is 2.58 bits per heavy atom. The fourth-order valence-electron chi connectivity index (χ4n) is 2.29. The number of nitrogens with zero attached hydrogens (tertiary/aromatic N) is 2. The lowest BCUT2D eigenvalue weighted by Gasteiger charge is -2.39. The fourth-order valence-corrected chi connectivity index (χ4v) is 4.49. The summed E-state index contributed by atoms with van der Waals surface area (Å²) in [5.41, 5.74) is 5.70. The molecule has 1 aromatic heterocycles. The van der Waals surface area contributed by atoms with Crippen LogP contribution in [0.3, 0.4) is 0 Å². The molecule has 1 aromatic rings. The number of hydrogen-bond acceptors (Lipinski definition) is 4. The smallest absolute Gasteiger partial charge is 0.247 e. The Balaban J connectivity index is 2.47. The second-order valence-electron chi connectivity index (χ2n) is 5.05. The molecule has 1 fully saturated rings. The average molecular weight is 304 g/mol. The average Bonchev–Trinajstić information content (AvgIpc) is 2.25. The molecule has 1 heterocycles. The third kappa shape index (κ3) is 2.70. The molecule has 0 unspecified atom stereocenters. The van der Waals surface area contributed by atoms with E-state index in [2.05, 4.69) is 4.98 Å². The molecule has 0 atom stereocenters. The molecule has 0 aromatic carbocycles. The number of hydrogen-bond donors (Lipinski definition) is 1. The largest absolute Gasteiger partial charge is 0.383 e. The molecule has 7 heteroatoms. The molecule has 0 radical (unpaired) electrons. The molecule has 0 bridgehead atoms. The van der Waals surface area contributed by atoms with Crippen LogP contribution in [0, 0.1) is 0 Å². The summed E-state index contributed by atoms with van der Waals surface area (Å²) < 4.78 is 27.0. The van der Waals surface area contributed by atoms with Crippen LogP contribution in [0.15, 0.2) is 17.2 Å². The quantitative estimate of drug-likeness (QED) is 0.925. The van der Waals surface area contributed by atoms with E-state index < -0.39 is 10.0 Å². The lowest BCUT2D eigenvalue weighted by atomic mass is 9.92. The first kappa shape index (κ1) is 14.6. The van der Waals surface area contributed by atoms with Gasteiger partial charge < -0.3 is 5.73 Å². The Morgan fingerprint density at radius 2 is 2.11 bits per heavy atom. The molecule has 0 saturated heterocycles. The first-order valence-electron chi connectivity index (χ1n) is 6.28. The maximum absolute atomic E-state index is 12.7. The van der Waals surface area contributed by atoms with Crippen molar-refractivity contribution < 1.29 is 8.42 Å². The van der Waals surface area contributed by atoms with Gasteiger partial charge in [0.25, 0.3) is 0 Å². The van der Waals surface area contributed by atoms with Gasteiger partial charge in [-0.05, 0) is 32.8 Å². The summed E-state index contributed by atoms with van der Waals surface area (Å²) in [4.78, 5) is 3.83. The highest BCUT2D eigenvalue weighted by Crippen LogP contribution is 2.33. The molecule has 2 N–H and O–H groups in total. The first-order valence-corrected chi connectivity index (χ1v) is 8.10. The van der Waals surface area contributed by atoms with E-state index in [-0.39, 0.29) is 27.8 Å². The normalized spacial score (nSPS) is 16.9. The summed E-state index contributed by atoms with van der Waals surface area (Å²) in [6.45, 7) is 3.73. The van der Waals surface area contributed by atoms with Gasteiger partial charge in [-0.3, -0.25) is 0 Å². The van der Waals surface area contributed by atoms with Crippen molar-refractivity contribution in [1.29, 1.82) is 0 Å². The highest BCUT2D eigenvalue weighted by Gasteiger charge is 2.37. The Hall–Kier alpha value is -0.850. The minimum atomic E-state index is -3.65. The standard InChI is InChI=1S/C12H18ClN3O2S/c1-8(2)16(10-4-3-5-10)19(17,18)11-6-9(13)7-15-12(11)14/h6-8,10H,3-5H2,1-2H3,(H2,14,15). The summed E-state index contributed by atoms with van der Waals surface area (Å²) in [5, 5.41) is 0.269. The van der Waals surface area contributed by atoms with E-state index in [9.17, 15) is 8.42 Å². The third-order valence-corrected chi connectivity index (χ3v) is 5.71. The summed E-state index contributed by atoms with van der Waals surface area (Å²) in [5.74, 6) is -0.00521. The van der Waals surface area contributed by atoms with Gasteiger partial charge in [0, 0.05) is 18.3 Å². The van der Waals surface area contributed by atoms with Gasteiger partial charge >= 0.3 is 0 Å². The number of aromatic nitrogens is 1. The van der Waals surface area contributed by atoms with Crippen molar-refractivity contribution in [2.75, 3.05) is 5.73 Å². The maximum Gasteiger partial charge on any atom is 0.247 e. The predicted octanol–water partition coefficient (Wildman–Crippen LogP) is 2.27. The van der Waals surface area contributed by atoms with Crippen LogP contribution in [-0.2, 0) is 10.0 Å². The molecular formula is C12H18ClN3O2S. The fraction of sp³-hybridized carbons (Fsp3) is 0.583. The lowest BCUT2D eigenvalue weighted by Crippen LogP contribution is -2.48. The van der Waals surface area contributed by atoms with Gasteiger partial charge in [0.05, 0.1) is 5.02 Å². The molecule has 2 rings (SSSR count). The molecule has 19 heavy (non-hydrogen) atoms. The molecule has 1 aliphatic carbocycles. The van der Waals surface area contributed by atoms with Crippen LogP contribution in [0.5, 0.6) is 0 Å². The zero-order valence-electron chi connectivity index (χ0n) is 11.0. The van der Waals surface area contributed by atoms with Crippen LogP contribution in [0.2, 0.25) is 5.02 Å². The van der Waals surface area contributed by atoms with Crippen molar-refractivity contribution in [3.63, 3.8) is 0 Å². The van der Waals surface area contributed by atoms with Crippen LogP contribution in [0.25, 0.3) is 0 Å². The van der Waals surface area contributed by atoms with E-state index in [0.29, 0.717) is 0 Å².